The van der Waals surface area contributed by atoms with Crippen molar-refractivity contribution in [1.82, 2.24) is 0 Å². The monoisotopic (exact) mass is 819 g/mol. The van der Waals surface area contributed by atoms with Crippen molar-refractivity contribution in [3.63, 3.8) is 0 Å². The van der Waals surface area contributed by atoms with Crippen LogP contribution in [0.25, 0.3) is 12.2 Å². The number of esters is 2. The van der Waals surface area contributed by atoms with Gasteiger partial charge in [-0.1, -0.05) is 53.6 Å². The van der Waals surface area contributed by atoms with E-state index in [1.807, 2.05) is 0 Å². The van der Waals surface area contributed by atoms with Gasteiger partial charge in [-0.15, -0.1) is 0 Å². The number of hydrogen-bond acceptors (Lipinski definition) is 6. The van der Waals surface area contributed by atoms with Gasteiger partial charge in [0.2, 0.25) is 0 Å². The molecule has 1 unspecified atom stereocenters. The number of nitrogens with zero attached hydrogens (tertiary/aromatic N) is 1. The molecule has 0 aliphatic rings. The Morgan fingerprint density at radius 3 is 1.92 bits per heavy atom. The Labute approximate surface area is 330 Å². The number of ether oxygens (including phenoxy) is 2. The number of anilines is 1. The molecule has 0 saturated carbocycles. The van der Waals surface area contributed by atoms with Crippen molar-refractivity contribution >= 4 is 81.8 Å². The van der Waals surface area contributed by atoms with Crippen molar-refractivity contribution in [3.05, 3.63) is 139 Å². The van der Waals surface area contributed by atoms with Crippen LogP contribution >= 0.6 is 31.9 Å². The van der Waals surface area contributed by atoms with E-state index in [9.17, 15) is 27.2 Å². The molecule has 0 aliphatic carbocycles. The average molecular weight is 821 g/mol. The SMILES string of the molecule is C.COC(=O)/C=C/c1cc(F)cc(N=Cc2ccc(Br)cc2F)c1.[2H]C(Nc1cc(F)cc(/C=C/C(=O)OC)c1)c1ccc(Br)cc1F.[2H][B-]([2H])([2H])[2H].[Na+]. The molecule has 0 aromatic heterocycles. The maximum atomic E-state index is 13.9. The molecule has 254 valence electrons. The number of carbonyl (C=O) groups excluding carboxylic acids is 2. The fraction of sp³-hybridized carbons (Fsp3) is 0.114. The van der Waals surface area contributed by atoms with Crippen LogP contribution in [0.3, 0.4) is 0 Å². The smallest absolute Gasteiger partial charge is 0.466 e. The number of rotatable bonds is 9. The van der Waals surface area contributed by atoms with Gasteiger partial charge in [0.25, 0.3) is 0 Å². The summed E-state index contributed by atoms with van der Waals surface area (Å²) in [7, 11) is -0.510. The molecule has 0 heterocycles. The quantitative estimate of drug-likeness (QED) is 0.0808. The summed E-state index contributed by atoms with van der Waals surface area (Å²) >= 11 is 6.32. The van der Waals surface area contributed by atoms with E-state index in [0.717, 1.165) is 6.08 Å². The van der Waals surface area contributed by atoms with Crippen molar-refractivity contribution in [2.24, 2.45) is 4.99 Å². The molecular formula is C35H34BBr2F4N2NaO4. The Morgan fingerprint density at radius 2 is 1.37 bits per heavy atom. The molecule has 0 radical (unpaired) electrons. The van der Waals surface area contributed by atoms with Crippen LogP contribution in [-0.4, -0.2) is 46.0 Å². The van der Waals surface area contributed by atoms with Crippen molar-refractivity contribution in [1.29, 1.82) is 5.34 Å². The first-order chi connectivity index (χ1) is 24.4. The van der Waals surface area contributed by atoms with Crippen LogP contribution in [0.15, 0.2) is 98.9 Å². The summed E-state index contributed by atoms with van der Waals surface area (Å²) in [4.78, 5) is 26.2. The molecule has 14 heteroatoms. The molecule has 49 heavy (non-hydrogen) atoms. The molecule has 4 aromatic carbocycles. The van der Waals surface area contributed by atoms with Crippen molar-refractivity contribution in [2.45, 2.75) is 13.9 Å². The molecular weight excluding hydrogens is 782 g/mol. The minimum absolute atomic E-state index is 0. The number of carbonyl (C=O) groups is 2. The zero-order valence-electron chi connectivity index (χ0n) is 30.8. The molecule has 0 fully saturated rings. The van der Waals surface area contributed by atoms with Gasteiger partial charge in [-0.05, 0) is 90.0 Å². The van der Waals surface area contributed by atoms with Gasteiger partial charge in [0.1, 0.15) is 23.3 Å². The van der Waals surface area contributed by atoms with E-state index in [-0.39, 0.29) is 48.1 Å². The number of nitrogens with one attached hydrogen (secondary N) is 1. The van der Waals surface area contributed by atoms with Crippen LogP contribution in [0, 0.1) is 23.3 Å². The Bertz CT molecular complexity index is 1950. The maximum absolute atomic E-state index is 13.9. The summed E-state index contributed by atoms with van der Waals surface area (Å²) in [5.41, 5.74) is 1.86. The van der Waals surface area contributed by atoms with Gasteiger partial charge in [-0.2, -0.15) is 0 Å². The maximum Gasteiger partial charge on any atom is 1.00 e. The Balaban J connectivity index is 0.000000895. The Kier molecular flexibility index (Phi) is 17.3. The predicted molar refractivity (Wildman–Crippen MR) is 196 cm³/mol. The van der Waals surface area contributed by atoms with Crippen LogP contribution in [0.1, 0.15) is 31.1 Å². The Hall–Kier alpha value is -3.49. The van der Waals surface area contributed by atoms with E-state index in [2.05, 4.69) is 51.6 Å². The molecule has 4 rings (SSSR count). The Morgan fingerprint density at radius 1 is 0.837 bits per heavy atom. The topological polar surface area (TPSA) is 77.0 Å². The van der Waals surface area contributed by atoms with E-state index in [4.69, 9.17) is 6.71 Å². The summed E-state index contributed by atoms with van der Waals surface area (Å²) in [6.45, 7) is -1.11. The van der Waals surface area contributed by atoms with Crippen LogP contribution in [0.2, 0.25) is 0 Å². The van der Waals surface area contributed by atoms with Crippen LogP contribution in [-0.2, 0) is 25.6 Å². The van der Waals surface area contributed by atoms with Gasteiger partial charge in [-0.25, -0.2) is 32.5 Å². The van der Waals surface area contributed by atoms with E-state index in [1.165, 1.54) is 81.1 Å². The van der Waals surface area contributed by atoms with Crippen molar-refractivity contribution in [2.75, 3.05) is 19.5 Å². The van der Waals surface area contributed by atoms with Crippen molar-refractivity contribution < 1.29 is 67.6 Å². The second-order valence-electron chi connectivity index (χ2n) is 9.11. The van der Waals surface area contributed by atoms with E-state index in [1.54, 1.807) is 30.3 Å². The van der Waals surface area contributed by atoms with E-state index >= 15 is 0 Å². The summed E-state index contributed by atoms with van der Waals surface area (Å²) < 4.78 is 97.0. The number of aliphatic imine (C=N–C) groups is 1. The van der Waals surface area contributed by atoms with Gasteiger partial charge < -0.3 is 14.8 Å². The second kappa shape index (κ2) is 23.0. The molecule has 0 amide bonds. The molecule has 0 spiro atoms. The average Bonchev–Trinajstić information content (AvgIpc) is 3.04. The fourth-order valence-electron chi connectivity index (χ4n) is 3.55. The summed E-state index contributed by atoms with van der Waals surface area (Å²) in [5.74, 6) is -3.15. The molecule has 1 atom stereocenters. The largest absolute Gasteiger partial charge is 1.00 e. The third kappa shape index (κ3) is 16.2. The first-order valence-corrected chi connectivity index (χ1v) is 14.7. The molecule has 4 aromatic rings. The molecule has 1 N–H and O–H groups in total. The third-order valence-corrected chi connectivity index (χ3v) is 6.71. The first-order valence-electron chi connectivity index (χ1n) is 16.0. The first kappa shape index (κ1) is 36.8. The number of halogens is 6. The normalized spacial score (nSPS) is 12.6. The molecule has 0 saturated heterocycles. The summed E-state index contributed by atoms with van der Waals surface area (Å²) in [6, 6.07) is 16.9. The molecule has 0 aliphatic heterocycles. The summed E-state index contributed by atoms with van der Waals surface area (Å²) in [6.07, 6.45) is 6.44. The molecule has 6 nitrogen and oxygen atoms in total. The second-order valence-corrected chi connectivity index (χ2v) is 10.9. The van der Waals surface area contributed by atoms with E-state index < -0.39 is 50.0 Å². The number of methoxy groups -OCH3 is 2. The van der Waals surface area contributed by atoms with Gasteiger partial charge in [0, 0.05) is 50.6 Å². The third-order valence-electron chi connectivity index (χ3n) is 5.72. The minimum Gasteiger partial charge on any atom is -0.466 e. The van der Waals surface area contributed by atoms with Gasteiger partial charge in [0.05, 0.1) is 21.3 Å². The standard InChI is InChI=1S/C17H14BrF2NO2.C17H12BrF2NO2.CH4.BH4.Na/c2*1-23-17(22)5-2-11-6-14(19)9-15(7-11)21-10-12-3-4-13(18)8-16(12)20;;;/h2-9,21H,10H2,1H3;2-10H,1H3;2*1H4;/q;;;-1;+1/b5-2+;5-2+,21-10?;;;/i10D;;;1D4;. The minimum atomic E-state index is -3.00. The predicted octanol–water partition coefficient (Wildman–Crippen LogP) is 5.38. The van der Waals surface area contributed by atoms with Crippen molar-refractivity contribution in [3.8, 4) is 0 Å². The van der Waals surface area contributed by atoms with Gasteiger partial charge in [0.15, 0.2) is 0 Å². The van der Waals surface area contributed by atoms with Crippen LogP contribution in [0.5, 0.6) is 0 Å². The summed E-state index contributed by atoms with van der Waals surface area (Å²) in [5, 5.41) is 2.72. The van der Waals surface area contributed by atoms with E-state index in [0.29, 0.717) is 31.4 Å². The fourth-order valence-corrected chi connectivity index (χ4v) is 4.22. The van der Waals surface area contributed by atoms with Crippen LogP contribution in [0.4, 0.5) is 28.9 Å². The van der Waals surface area contributed by atoms with Gasteiger partial charge in [-0.3, -0.25) is 4.99 Å². The van der Waals surface area contributed by atoms with Crippen LogP contribution < -0.4 is 34.9 Å². The molecule has 0 bridgehead atoms. The zero-order chi connectivity index (χ0) is 39.0. The number of benzene rings is 4. The van der Waals surface area contributed by atoms with Gasteiger partial charge >= 0.3 is 41.5 Å². The number of hydrogen-bond donors (Lipinski definition) is 1. The zero-order valence-corrected chi connectivity index (χ0v) is 31.0.